The van der Waals surface area contributed by atoms with Crippen LogP contribution in [0.3, 0.4) is 0 Å². The third-order valence-electron chi connectivity index (χ3n) is 5.23. The average molecular weight is 370 g/mol. The van der Waals surface area contributed by atoms with E-state index in [9.17, 15) is 0 Å². The zero-order valence-corrected chi connectivity index (χ0v) is 16.2. The number of hydrogen-bond donors (Lipinski definition) is 2. The van der Waals surface area contributed by atoms with Crippen molar-refractivity contribution in [3.05, 3.63) is 90.2 Å². The second-order valence-corrected chi connectivity index (χ2v) is 7.20. The van der Waals surface area contributed by atoms with Crippen LogP contribution in [0.1, 0.15) is 30.7 Å². The third-order valence-corrected chi connectivity index (χ3v) is 5.23. The van der Waals surface area contributed by atoms with E-state index in [1.807, 2.05) is 30.3 Å². The summed E-state index contributed by atoms with van der Waals surface area (Å²) in [6, 6.07) is 27.2. The maximum atomic E-state index is 6.04. The lowest BCUT2D eigenvalue weighted by atomic mass is 10.0. The van der Waals surface area contributed by atoms with E-state index in [4.69, 9.17) is 10.2 Å². The molecule has 0 amide bonds. The topological polar surface area (TPSA) is 51.2 Å². The molecule has 3 N–H and O–H groups in total. The number of para-hydroxylation sites is 1. The Morgan fingerprint density at radius 2 is 1.64 bits per heavy atom. The van der Waals surface area contributed by atoms with Gasteiger partial charge in [0.05, 0.1) is 0 Å². The van der Waals surface area contributed by atoms with Crippen molar-refractivity contribution in [1.29, 1.82) is 0 Å². The van der Waals surface area contributed by atoms with Crippen LogP contribution < -0.4 is 11.1 Å². The molecule has 0 spiro atoms. The number of rotatable bonds is 7. The molecule has 0 bridgehead atoms. The Balaban J connectivity index is 1.31. The van der Waals surface area contributed by atoms with Crippen molar-refractivity contribution in [2.45, 2.75) is 25.8 Å². The van der Waals surface area contributed by atoms with Gasteiger partial charge in [0.2, 0.25) is 0 Å². The van der Waals surface area contributed by atoms with Crippen LogP contribution in [0.2, 0.25) is 0 Å². The quantitative estimate of drug-likeness (QED) is 0.314. The zero-order chi connectivity index (χ0) is 19.3. The van der Waals surface area contributed by atoms with Gasteiger partial charge in [-0.05, 0) is 60.8 Å². The number of furan rings is 1. The van der Waals surface area contributed by atoms with E-state index in [0.29, 0.717) is 6.04 Å². The first-order valence-corrected chi connectivity index (χ1v) is 9.87. The molecule has 0 saturated heterocycles. The number of nitrogens with two attached hydrogens (primary N) is 1. The molecule has 2 aromatic rings. The Morgan fingerprint density at radius 3 is 2.54 bits per heavy atom. The van der Waals surface area contributed by atoms with Gasteiger partial charge in [-0.2, -0.15) is 0 Å². The van der Waals surface area contributed by atoms with E-state index < -0.39 is 0 Å². The van der Waals surface area contributed by atoms with E-state index >= 15 is 0 Å². The SMILES string of the molecule is CC(NCCCc1ccc(-c2ccccc2N)o1)c1ccc2cccccc1-2. The van der Waals surface area contributed by atoms with Gasteiger partial charge in [0.15, 0.2) is 0 Å². The van der Waals surface area contributed by atoms with E-state index in [1.54, 1.807) is 0 Å². The minimum absolute atomic E-state index is 0.316. The number of anilines is 1. The summed E-state index contributed by atoms with van der Waals surface area (Å²) in [4.78, 5) is 0. The maximum Gasteiger partial charge on any atom is 0.136 e. The van der Waals surface area contributed by atoms with Gasteiger partial charge in [-0.15, -0.1) is 0 Å². The van der Waals surface area contributed by atoms with E-state index in [-0.39, 0.29) is 0 Å². The first-order chi connectivity index (χ1) is 13.7. The summed E-state index contributed by atoms with van der Waals surface area (Å²) in [6.45, 7) is 3.17. The molecular weight excluding hydrogens is 344 g/mol. The fraction of sp³-hybridized carbons (Fsp3) is 0.200. The van der Waals surface area contributed by atoms with Gasteiger partial charge < -0.3 is 15.5 Å². The van der Waals surface area contributed by atoms with Crippen LogP contribution in [0.5, 0.6) is 0 Å². The van der Waals surface area contributed by atoms with Crippen LogP contribution in [-0.4, -0.2) is 6.54 Å². The molecule has 1 unspecified atom stereocenters. The van der Waals surface area contributed by atoms with Crippen molar-refractivity contribution >= 4 is 5.69 Å². The number of nitrogens with one attached hydrogen (secondary N) is 1. The Morgan fingerprint density at radius 1 is 0.857 bits per heavy atom. The maximum absolute atomic E-state index is 6.04. The lowest BCUT2D eigenvalue weighted by molar-refractivity contribution is 0.495. The fourth-order valence-corrected chi connectivity index (χ4v) is 3.69. The normalized spacial score (nSPS) is 12.3. The van der Waals surface area contributed by atoms with Crippen LogP contribution in [0, 0.1) is 0 Å². The summed E-state index contributed by atoms with van der Waals surface area (Å²) in [5.74, 6) is 1.84. The molecule has 0 radical (unpaired) electrons. The van der Waals surface area contributed by atoms with Gasteiger partial charge in [-0.3, -0.25) is 0 Å². The predicted molar refractivity (Wildman–Crippen MR) is 116 cm³/mol. The van der Waals surface area contributed by atoms with Gasteiger partial charge in [0.25, 0.3) is 0 Å². The molecule has 1 atom stereocenters. The Hall–Kier alpha value is -3.04. The van der Waals surface area contributed by atoms with E-state index in [1.165, 1.54) is 16.7 Å². The molecule has 4 rings (SSSR count). The van der Waals surface area contributed by atoms with Crippen molar-refractivity contribution < 1.29 is 4.42 Å². The molecule has 1 aromatic carbocycles. The minimum Gasteiger partial charge on any atom is -0.461 e. The lowest BCUT2D eigenvalue weighted by Gasteiger charge is -2.14. The van der Waals surface area contributed by atoms with Gasteiger partial charge in [-0.1, -0.05) is 54.6 Å². The summed E-state index contributed by atoms with van der Waals surface area (Å²) < 4.78 is 5.99. The molecule has 1 heterocycles. The van der Waals surface area contributed by atoms with Gasteiger partial charge in [-0.25, -0.2) is 0 Å². The first kappa shape index (κ1) is 18.3. The Kier molecular flexibility index (Phi) is 5.45. The standard InChI is InChI=1S/C25H26N2O/c1-18(21-15-13-19-8-3-2-4-10-22(19)21)27-17-7-9-20-14-16-25(28-20)23-11-5-6-12-24(23)26/h2-6,8,10-16,18,27H,7,9,17,26H2,1H3. The molecule has 142 valence electrons. The highest BCUT2D eigenvalue weighted by Crippen LogP contribution is 2.31. The average Bonchev–Trinajstić information content (AvgIpc) is 3.27. The fourth-order valence-electron chi connectivity index (χ4n) is 3.69. The van der Waals surface area contributed by atoms with Gasteiger partial charge in [0.1, 0.15) is 11.5 Å². The van der Waals surface area contributed by atoms with Crippen molar-refractivity contribution in [3.8, 4) is 22.5 Å². The molecular formula is C25H26N2O. The largest absolute Gasteiger partial charge is 0.461 e. The van der Waals surface area contributed by atoms with Gasteiger partial charge in [0, 0.05) is 23.7 Å². The highest BCUT2D eigenvalue weighted by atomic mass is 16.3. The van der Waals surface area contributed by atoms with Crippen molar-refractivity contribution in [3.63, 3.8) is 0 Å². The zero-order valence-electron chi connectivity index (χ0n) is 16.2. The summed E-state index contributed by atoms with van der Waals surface area (Å²) in [7, 11) is 0. The molecule has 0 aliphatic heterocycles. The molecule has 0 saturated carbocycles. The molecule has 2 aliphatic rings. The van der Waals surface area contributed by atoms with Crippen LogP contribution in [0.25, 0.3) is 22.5 Å². The summed E-state index contributed by atoms with van der Waals surface area (Å²) in [5, 5.41) is 3.64. The first-order valence-electron chi connectivity index (χ1n) is 9.87. The Bertz CT molecular complexity index is 1020. The highest BCUT2D eigenvalue weighted by Gasteiger charge is 2.13. The molecule has 1 aromatic heterocycles. The number of nitrogen functional groups attached to an aromatic ring is 1. The number of benzene rings is 1. The van der Waals surface area contributed by atoms with Crippen LogP contribution >= 0.6 is 0 Å². The van der Waals surface area contributed by atoms with Crippen LogP contribution in [0.4, 0.5) is 5.69 Å². The van der Waals surface area contributed by atoms with Crippen molar-refractivity contribution in [2.75, 3.05) is 12.3 Å². The predicted octanol–water partition coefficient (Wildman–Crippen LogP) is 5.92. The van der Waals surface area contributed by atoms with Crippen LogP contribution in [-0.2, 0) is 6.42 Å². The smallest absolute Gasteiger partial charge is 0.136 e. The summed E-state index contributed by atoms with van der Waals surface area (Å²) in [5.41, 5.74) is 11.7. The van der Waals surface area contributed by atoms with Crippen molar-refractivity contribution in [1.82, 2.24) is 5.32 Å². The van der Waals surface area contributed by atoms with E-state index in [2.05, 4.69) is 60.8 Å². The summed E-state index contributed by atoms with van der Waals surface area (Å²) in [6.07, 6.45) is 1.93. The minimum atomic E-state index is 0.316. The molecule has 28 heavy (non-hydrogen) atoms. The monoisotopic (exact) mass is 370 g/mol. The third kappa shape index (κ3) is 3.95. The Labute approximate surface area is 166 Å². The second kappa shape index (κ2) is 8.32. The second-order valence-electron chi connectivity index (χ2n) is 7.20. The van der Waals surface area contributed by atoms with Gasteiger partial charge >= 0.3 is 0 Å². The summed E-state index contributed by atoms with van der Waals surface area (Å²) >= 11 is 0. The van der Waals surface area contributed by atoms with Crippen molar-refractivity contribution in [2.24, 2.45) is 0 Å². The van der Waals surface area contributed by atoms with Crippen LogP contribution in [0.15, 0.2) is 83.3 Å². The number of hydrogen-bond acceptors (Lipinski definition) is 3. The molecule has 2 aliphatic carbocycles. The van der Waals surface area contributed by atoms with E-state index in [0.717, 1.165) is 42.2 Å². The lowest BCUT2D eigenvalue weighted by Crippen LogP contribution is -2.20. The number of aryl methyl sites for hydroxylation is 1. The molecule has 3 nitrogen and oxygen atoms in total. The highest BCUT2D eigenvalue weighted by molar-refractivity contribution is 5.72. The molecule has 0 fully saturated rings. The number of fused-ring (bicyclic) bond motifs is 1. The molecule has 3 heteroatoms.